The first-order valence-corrected chi connectivity index (χ1v) is 10.4. The molecule has 1 saturated heterocycles. The minimum atomic E-state index is -0.771. The summed E-state index contributed by atoms with van der Waals surface area (Å²) >= 11 is 0. The first-order chi connectivity index (χ1) is 14.4. The summed E-state index contributed by atoms with van der Waals surface area (Å²) in [6, 6.07) is 5.88. The van der Waals surface area contributed by atoms with Gasteiger partial charge in [0.15, 0.2) is 0 Å². The number of ether oxygens (including phenoxy) is 1. The third kappa shape index (κ3) is 4.01. The number of ketones is 1. The van der Waals surface area contributed by atoms with Crippen LogP contribution in [0.2, 0.25) is 0 Å². The van der Waals surface area contributed by atoms with E-state index in [1.54, 1.807) is 24.8 Å². The number of amides is 1. The molecule has 0 saturated carbocycles. The molecule has 1 fully saturated rings. The van der Waals surface area contributed by atoms with Gasteiger partial charge in [0.1, 0.15) is 11.5 Å². The number of aromatic amines is 1. The highest BCUT2D eigenvalue weighted by Gasteiger charge is 2.35. The highest BCUT2D eigenvalue weighted by atomic mass is 19.1. The van der Waals surface area contributed by atoms with Crippen molar-refractivity contribution in [3.8, 4) is 11.1 Å². The number of piperidine rings is 1. The number of likely N-dealkylation sites (tertiary alicyclic amines) is 1. The van der Waals surface area contributed by atoms with Gasteiger partial charge in [-0.15, -0.1) is 0 Å². The maximum atomic E-state index is 14.7. The summed E-state index contributed by atoms with van der Waals surface area (Å²) in [7, 11) is 0. The number of esters is 1. The van der Waals surface area contributed by atoms with Crippen molar-refractivity contribution in [2.45, 2.75) is 52.5 Å². The number of halogens is 1. The summed E-state index contributed by atoms with van der Waals surface area (Å²) in [5.74, 6) is -2.66. The van der Waals surface area contributed by atoms with E-state index >= 15 is 0 Å². The zero-order valence-corrected chi connectivity index (χ0v) is 17.6. The van der Waals surface area contributed by atoms with Crippen LogP contribution in [0.4, 0.5) is 4.39 Å². The zero-order valence-electron chi connectivity index (χ0n) is 17.6. The highest BCUT2D eigenvalue weighted by molar-refractivity contribution is 6.43. The van der Waals surface area contributed by atoms with Crippen LogP contribution in [0, 0.1) is 12.7 Å². The number of hydrogen-bond acceptors (Lipinski definition) is 4. The molecule has 0 unspecified atom stereocenters. The van der Waals surface area contributed by atoms with Gasteiger partial charge in [-0.3, -0.25) is 9.59 Å². The second-order valence-electron chi connectivity index (χ2n) is 7.46. The number of hydrogen-bond donors (Lipinski definition) is 1. The number of H-pyrrole nitrogens is 1. The van der Waals surface area contributed by atoms with Gasteiger partial charge in [0.25, 0.3) is 11.7 Å². The van der Waals surface area contributed by atoms with E-state index in [0.717, 1.165) is 25.7 Å². The summed E-state index contributed by atoms with van der Waals surface area (Å²) in [4.78, 5) is 43.4. The molecule has 2 heterocycles. The van der Waals surface area contributed by atoms with Crippen molar-refractivity contribution in [2.75, 3.05) is 13.2 Å². The lowest BCUT2D eigenvalue weighted by atomic mass is 9.96. The van der Waals surface area contributed by atoms with E-state index in [-0.39, 0.29) is 35.0 Å². The van der Waals surface area contributed by atoms with Gasteiger partial charge >= 0.3 is 5.97 Å². The maximum Gasteiger partial charge on any atom is 0.340 e. The summed E-state index contributed by atoms with van der Waals surface area (Å²) in [6.45, 7) is 5.91. The maximum absolute atomic E-state index is 14.7. The van der Waals surface area contributed by atoms with E-state index in [1.807, 2.05) is 6.92 Å². The van der Waals surface area contributed by atoms with Crippen molar-refractivity contribution >= 4 is 17.7 Å². The predicted octanol–water partition coefficient (Wildman–Crippen LogP) is 4.28. The number of aryl methyl sites for hydroxylation is 1. The molecule has 0 radical (unpaired) electrons. The summed E-state index contributed by atoms with van der Waals surface area (Å²) in [6.07, 6.45) is 3.48. The topological polar surface area (TPSA) is 79.5 Å². The van der Waals surface area contributed by atoms with Gasteiger partial charge in [0.2, 0.25) is 0 Å². The molecule has 1 aliphatic rings. The molecule has 160 valence electrons. The van der Waals surface area contributed by atoms with Crippen LogP contribution in [0.5, 0.6) is 0 Å². The van der Waals surface area contributed by atoms with Crippen molar-refractivity contribution in [3.63, 3.8) is 0 Å². The number of carbonyl (C=O) groups excluding carboxylic acids is 3. The molecular formula is C23H27FN2O4. The largest absolute Gasteiger partial charge is 0.462 e. The SMILES string of the molecule is CCOC(=O)c1c(C)[nH]c(C(=O)C(=O)N2CCCC[C@H]2CC)c1-c1ccccc1F. The van der Waals surface area contributed by atoms with Crippen LogP contribution in [0.25, 0.3) is 11.1 Å². The molecule has 1 amide bonds. The van der Waals surface area contributed by atoms with Crippen LogP contribution in [0.15, 0.2) is 24.3 Å². The number of aromatic nitrogens is 1. The highest BCUT2D eigenvalue weighted by Crippen LogP contribution is 2.34. The summed E-state index contributed by atoms with van der Waals surface area (Å²) in [5.41, 5.74) is 0.502. The van der Waals surface area contributed by atoms with Gasteiger partial charge in [0.05, 0.1) is 12.2 Å². The lowest BCUT2D eigenvalue weighted by Crippen LogP contribution is -2.46. The van der Waals surface area contributed by atoms with Crippen molar-refractivity contribution in [2.24, 2.45) is 0 Å². The van der Waals surface area contributed by atoms with Gasteiger partial charge in [0, 0.05) is 29.4 Å². The molecule has 30 heavy (non-hydrogen) atoms. The molecule has 6 nitrogen and oxygen atoms in total. The van der Waals surface area contributed by atoms with Gasteiger partial charge in [-0.2, -0.15) is 0 Å². The monoisotopic (exact) mass is 414 g/mol. The smallest absolute Gasteiger partial charge is 0.340 e. The fraction of sp³-hybridized carbons (Fsp3) is 0.435. The van der Waals surface area contributed by atoms with Crippen LogP contribution in [-0.2, 0) is 9.53 Å². The van der Waals surface area contributed by atoms with Gasteiger partial charge in [-0.25, -0.2) is 9.18 Å². The minimum absolute atomic E-state index is 0.00713. The van der Waals surface area contributed by atoms with E-state index in [4.69, 9.17) is 4.74 Å². The number of Topliss-reactive ketones (excluding diaryl/α,β-unsaturated/α-hetero) is 1. The van der Waals surface area contributed by atoms with Crippen molar-refractivity contribution in [1.29, 1.82) is 0 Å². The lowest BCUT2D eigenvalue weighted by Gasteiger charge is -2.34. The van der Waals surface area contributed by atoms with Crippen LogP contribution in [0.1, 0.15) is 66.1 Å². The normalized spacial score (nSPS) is 16.4. The molecule has 2 aromatic rings. The predicted molar refractivity (Wildman–Crippen MR) is 111 cm³/mol. The Balaban J connectivity index is 2.11. The average Bonchev–Trinajstić information content (AvgIpc) is 3.10. The molecule has 1 aliphatic heterocycles. The van der Waals surface area contributed by atoms with Crippen molar-refractivity contribution < 1.29 is 23.5 Å². The number of rotatable bonds is 6. The molecule has 3 rings (SSSR count). The molecule has 0 aliphatic carbocycles. The van der Waals surface area contributed by atoms with Crippen LogP contribution < -0.4 is 0 Å². The third-order valence-corrected chi connectivity index (χ3v) is 5.59. The summed E-state index contributed by atoms with van der Waals surface area (Å²) in [5, 5.41) is 0. The van der Waals surface area contributed by atoms with E-state index < -0.39 is 23.5 Å². The number of nitrogens with zero attached hydrogens (tertiary/aromatic N) is 1. The van der Waals surface area contributed by atoms with Crippen molar-refractivity contribution in [3.05, 3.63) is 47.0 Å². The molecule has 1 aromatic heterocycles. The third-order valence-electron chi connectivity index (χ3n) is 5.59. The Kier molecular flexibility index (Phi) is 6.70. The van der Waals surface area contributed by atoms with Crippen LogP contribution in [-0.4, -0.2) is 46.7 Å². The number of benzene rings is 1. The second kappa shape index (κ2) is 9.24. The second-order valence-corrected chi connectivity index (χ2v) is 7.46. The Bertz CT molecular complexity index is 966. The van der Waals surface area contributed by atoms with Gasteiger partial charge < -0.3 is 14.6 Å². The number of nitrogens with one attached hydrogen (secondary N) is 1. The molecule has 1 N–H and O–H groups in total. The Morgan fingerprint density at radius 1 is 1.20 bits per heavy atom. The van der Waals surface area contributed by atoms with Crippen LogP contribution in [0.3, 0.4) is 0 Å². The van der Waals surface area contributed by atoms with Gasteiger partial charge in [-0.1, -0.05) is 25.1 Å². The van der Waals surface area contributed by atoms with Crippen molar-refractivity contribution in [1.82, 2.24) is 9.88 Å². The molecule has 7 heteroatoms. The Hall–Kier alpha value is -2.96. The zero-order chi connectivity index (χ0) is 21.8. The van der Waals surface area contributed by atoms with Gasteiger partial charge in [-0.05, 0) is 45.6 Å². The quantitative estimate of drug-likeness (QED) is 0.435. The minimum Gasteiger partial charge on any atom is -0.462 e. The summed E-state index contributed by atoms with van der Waals surface area (Å²) < 4.78 is 19.8. The van der Waals surface area contributed by atoms with E-state index in [0.29, 0.717) is 12.2 Å². The fourth-order valence-electron chi connectivity index (χ4n) is 4.12. The first kappa shape index (κ1) is 21.7. The molecule has 1 aromatic carbocycles. The Morgan fingerprint density at radius 3 is 2.60 bits per heavy atom. The van der Waals surface area contributed by atoms with Crippen LogP contribution >= 0.6 is 0 Å². The van der Waals surface area contributed by atoms with E-state index in [9.17, 15) is 18.8 Å². The number of carbonyl (C=O) groups is 3. The molecule has 0 spiro atoms. The fourth-order valence-corrected chi connectivity index (χ4v) is 4.12. The first-order valence-electron chi connectivity index (χ1n) is 10.4. The molecule has 0 bridgehead atoms. The van der Waals surface area contributed by atoms with E-state index in [2.05, 4.69) is 4.98 Å². The Morgan fingerprint density at radius 2 is 1.93 bits per heavy atom. The molecule has 1 atom stereocenters. The Labute approximate surface area is 175 Å². The standard InChI is InChI=1S/C23H27FN2O4/c1-4-15-10-8-9-13-26(15)22(28)21(27)20-19(16-11-6-7-12-17(16)24)18(14(3)25-20)23(29)30-5-2/h6-7,11-12,15,25H,4-5,8-10,13H2,1-3H3/t15-/m1/s1. The molecular weight excluding hydrogens is 387 g/mol. The van der Waals surface area contributed by atoms with E-state index in [1.165, 1.54) is 18.2 Å². The average molecular weight is 414 g/mol. The lowest BCUT2D eigenvalue weighted by molar-refractivity contribution is -0.130.